The molecule has 0 spiro atoms. The molecule has 1 heterocycles. The second-order valence-corrected chi connectivity index (χ2v) is 4.51. The summed E-state index contributed by atoms with van der Waals surface area (Å²) in [6, 6.07) is 14.8. The SMILES string of the molecule is CCc1ccc(N2C(=O)C(=O)c3ccccc32)cc1. The van der Waals surface area contributed by atoms with Crippen LogP contribution in [0.3, 0.4) is 0 Å². The van der Waals surface area contributed by atoms with E-state index in [1.807, 2.05) is 30.3 Å². The fraction of sp³-hybridized carbons (Fsp3) is 0.125. The van der Waals surface area contributed by atoms with Crippen molar-refractivity contribution in [2.24, 2.45) is 0 Å². The largest absolute Gasteiger partial charge is 0.304 e. The number of hydrogen-bond acceptors (Lipinski definition) is 2. The number of Topliss-reactive ketones (excluding diaryl/α,β-unsaturated/α-hetero) is 1. The molecule has 2 aromatic rings. The van der Waals surface area contributed by atoms with Crippen molar-refractivity contribution in [1.29, 1.82) is 0 Å². The van der Waals surface area contributed by atoms with E-state index >= 15 is 0 Å². The van der Waals surface area contributed by atoms with Crippen LogP contribution in [0.5, 0.6) is 0 Å². The number of benzene rings is 2. The molecule has 19 heavy (non-hydrogen) atoms. The summed E-state index contributed by atoms with van der Waals surface area (Å²) >= 11 is 0. The molecule has 0 aromatic heterocycles. The molecule has 0 aliphatic carbocycles. The van der Waals surface area contributed by atoms with E-state index in [1.165, 1.54) is 10.5 Å². The fourth-order valence-electron chi connectivity index (χ4n) is 2.32. The molecule has 3 rings (SSSR count). The molecule has 1 amide bonds. The van der Waals surface area contributed by atoms with Gasteiger partial charge in [0, 0.05) is 5.69 Å². The molecule has 0 fully saturated rings. The number of fused-ring (bicyclic) bond motifs is 1. The zero-order valence-electron chi connectivity index (χ0n) is 10.6. The van der Waals surface area contributed by atoms with Gasteiger partial charge in [-0.1, -0.05) is 31.2 Å². The molecular weight excluding hydrogens is 238 g/mol. The summed E-state index contributed by atoms with van der Waals surface area (Å²) in [6.07, 6.45) is 0.948. The first kappa shape index (κ1) is 11.7. The van der Waals surface area contributed by atoms with Gasteiger partial charge in [0.1, 0.15) is 0 Å². The van der Waals surface area contributed by atoms with E-state index < -0.39 is 11.7 Å². The van der Waals surface area contributed by atoms with Gasteiger partial charge < -0.3 is 0 Å². The highest BCUT2D eigenvalue weighted by molar-refractivity contribution is 6.53. The zero-order chi connectivity index (χ0) is 13.4. The van der Waals surface area contributed by atoms with Crippen molar-refractivity contribution in [3.05, 3.63) is 59.7 Å². The van der Waals surface area contributed by atoms with Crippen LogP contribution in [0.2, 0.25) is 0 Å². The average Bonchev–Trinajstić information content (AvgIpc) is 2.72. The van der Waals surface area contributed by atoms with Gasteiger partial charge in [-0.15, -0.1) is 0 Å². The van der Waals surface area contributed by atoms with Gasteiger partial charge >= 0.3 is 5.91 Å². The van der Waals surface area contributed by atoms with Crippen molar-refractivity contribution in [2.45, 2.75) is 13.3 Å². The molecule has 3 nitrogen and oxygen atoms in total. The van der Waals surface area contributed by atoms with E-state index in [-0.39, 0.29) is 0 Å². The highest BCUT2D eigenvalue weighted by atomic mass is 16.2. The van der Waals surface area contributed by atoms with Gasteiger partial charge in [-0.25, -0.2) is 0 Å². The molecule has 1 aliphatic heterocycles. The second-order valence-electron chi connectivity index (χ2n) is 4.51. The first-order valence-corrected chi connectivity index (χ1v) is 6.29. The smallest absolute Gasteiger partial charge is 0.283 e. The highest BCUT2D eigenvalue weighted by Crippen LogP contribution is 2.35. The summed E-state index contributed by atoms with van der Waals surface area (Å²) in [6.45, 7) is 2.08. The minimum Gasteiger partial charge on any atom is -0.283 e. The van der Waals surface area contributed by atoms with Crippen molar-refractivity contribution in [3.8, 4) is 0 Å². The highest BCUT2D eigenvalue weighted by Gasteiger charge is 2.36. The third kappa shape index (κ3) is 1.74. The third-order valence-corrected chi connectivity index (χ3v) is 3.39. The Kier molecular flexibility index (Phi) is 2.67. The van der Waals surface area contributed by atoms with Crippen LogP contribution in [0.4, 0.5) is 11.4 Å². The lowest BCUT2D eigenvalue weighted by Gasteiger charge is -2.16. The lowest BCUT2D eigenvalue weighted by Crippen LogP contribution is -2.24. The normalized spacial score (nSPS) is 13.8. The van der Waals surface area contributed by atoms with Crippen molar-refractivity contribution in [1.82, 2.24) is 0 Å². The molecule has 0 N–H and O–H groups in total. The van der Waals surface area contributed by atoms with Gasteiger partial charge in [-0.05, 0) is 36.2 Å². The van der Waals surface area contributed by atoms with Crippen LogP contribution in [0.15, 0.2) is 48.5 Å². The quantitative estimate of drug-likeness (QED) is 0.769. The minimum atomic E-state index is -0.481. The van der Waals surface area contributed by atoms with Crippen molar-refractivity contribution >= 4 is 23.1 Å². The van der Waals surface area contributed by atoms with Crippen LogP contribution in [0.25, 0.3) is 0 Å². The van der Waals surface area contributed by atoms with Crippen LogP contribution in [0.1, 0.15) is 22.8 Å². The molecule has 94 valence electrons. The number of carbonyl (C=O) groups is 2. The molecule has 0 saturated carbocycles. The van der Waals surface area contributed by atoms with Gasteiger partial charge in [0.15, 0.2) is 0 Å². The molecule has 3 heteroatoms. The summed E-state index contributed by atoms with van der Waals surface area (Å²) in [5.74, 6) is -0.916. The van der Waals surface area contributed by atoms with Crippen LogP contribution in [0, 0.1) is 0 Å². The molecule has 1 aliphatic rings. The number of ketones is 1. The number of amides is 1. The van der Waals surface area contributed by atoms with E-state index in [1.54, 1.807) is 18.2 Å². The summed E-state index contributed by atoms with van der Waals surface area (Å²) in [4.78, 5) is 25.5. The molecule has 2 aromatic carbocycles. The van der Waals surface area contributed by atoms with Crippen LogP contribution in [-0.2, 0) is 11.2 Å². The number of aryl methyl sites for hydroxylation is 1. The van der Waals surface area contributed by atoms with Gasteiger partial charge in [-0.3, -0.25) is 14.5 Å². The van der Waals surface area contributed by atoms with E-state index in [2.05, 4.69) is 6.92 Å². The van der Waals surface area contributed by atoms with E-state index in [9.17, 15) is 9.59 Å². The minimum absolute atomic E-state index is 0.435. The Labute approximate surface area is 111 Å². The fourth-order valence-corrected chi connectivity index (χ4v) is 2.32. The Hall–Kier alpha value is -2.42. The summed E-state index contributed by atoms with van der Waals surface area (Å²) < 4.78 is 0. The van der Waals surface area contributed by atoms with E-state index in [0.29, 0.717) is 11.3 Å². The first-order valence-electron chi connectivity index (χ1n) is 6.29. The molecule has 0 atom stereocenters. The Morgan fingerprint density at radius 2 is 1.63 bits per heavy atom. The number of nitrogens with zero attached hydrogens (tertiary/aromatic N) is 1. The average molecular weight is 251 g/mol. The van der Waals surface area contributed by atoms with E-state index in [0.717, 1.165) is 12.1 Å². The topological polar surface area (TPSA) is 37.4 Å². The number of para-hydroxylation sites is 1. The Morgan fingerprint density at radius 3 is 2.32 bits per heavy atom. The van der Waals surface area contributed by atoms with Gasteiger partial charge in [0.25, 0.3) is 5.78 Å². The summed E-state index contributed by atoms with van der Waals surface area (Å²) in [5, 5.41) is 0. The second kappa shape index (κ2) is 4.35. The van der Waals surface area contributed by atoms with Crippen molar-refractivity contribution in [3.63, 3.8) is 0 Å². The van der Waals surface area contributed by atoms with Crippen LogP contribution < -0.4 is 4.90 Å². The van der Waals surface area contributed by atoms with Crippen molar-refractivity contribution < 1.29 is 9.59 Å². The lowest BCUT2D eigenvalue weighted by atomic mass is 10.1. The van der Waals surface area contributed by atoms with Crippen molar-refractivity contribution in [2.75, 3.05) is 4.90 Å². The van der Waals surface area contributed by atoms with Crippen LogP contribution >= 0.6 is 0 Å². The maximum absolute atomic E-state index is 12.1. The Balaban J connectivity index is 2.09. The van der Waals surface area contributed by atoms with Gasteiger partial charge in [-0.2, -0.15) is 0 Å². The summed E-state index contributed by atoms with van der Waals surface area (Å²) in [7, 11) is 0. The maximum atomic E-state index is 12.1. The molecular formula is C16H13NO2. The van der Waals surface area contributed by atoms with E-state index in [4.69, 9.17) is 0 Å². The van der Waals surface area contributed by atoms with Gasteiger partial charge in [0.2, 0.25) is 0 Å². The number of rotatable bonds is 2. The third-order valence-electron chi connectivity index (χ3n) is 3.39. The molecule has 0 bridgehead atoms. The molecule has 0 unspecified atom stereocenters. The number of hydrogen-bond donors (Lipinski definition) is 0. The predicted octanol–water partition coefficient (Wildman–Crippen LogP) is 3.11. The predicted molar refractivity (Wildman–Crippen MR) is 73.7 cm³/mol. The zero-order valence-corrected chi connectivity index (χ0v) is 10.6. The number of anilines is 2. The monoisotopic (exact) mass is 251 g/mol. The standard InChI is InChI=1S/C16H13NO2/c1-2-11-7-9-12(10-8-11)17-14-6-4-3-5-13(14)15(18)16(17)19/h3-10H,2H2,1H3. The maximum Gasteiger partial charge on any atom is 0.304 e. The summed E-state index contributed by atoms with van der Waals surface area (Å²) in [5.41, 5.74) is 3.09. The lowest BCUT2D eigenvalue weighted by molar-refractivity contribution is -0.113. The molecule has 0 saturated heterocycles. The van der Waals surface area contributed by atoms with Crippen LogP contribution in [-0.4, -0.2) is 11.7 Å². The Morgan fingerprint density at radius 1 is 0.947 bits per heavy atom. The first-order chi connectivity index (χ1) is 9.22. The number of carbonyl (C=O) groups excluding carboxylic acids is 2. The molecule has 0 radical (unpaired) electrons. The van der Waals surface area contributed by atoms with Gasteiger partial charge in [0.05, 0.1) is 11.3 Å². The Bertz CT molecular complexity index is 659.